The van der Waals surface area contributed by atoms with E-state index in [1.807, 2.05) is 103 Å². The van der Waals surface area contributed by atoms with Crippen LogP contribution in [0.3, 0.4) is 0 Å². The largest absolute Gasteiger partial charge is 0.445 e. The minimum Gasteiger partial charge on any atom is -0.445 e. The molecule has 128 heavy (non-hydrogen) atoms. The van der Waals surface area contributed by atoms with Gasteiger partial charge in [0, 0.05) is 13.1 Å². The molecule has 3 aliphatic heterocycles. The lowest BCUT2D eigenvalue weighted by Gasteiger charge is -2.53. The van der Waals surface area contributed by atoms with E-state index < -0.39 is 195 Å². The van der Waals surface area contributed by atoms with Crippen LogP contribution < -0.4 is 31.9 Å². The minimum atomic E-state index is -3.06. The second kappa shape index (κ2) is 46.4. The second-order valence-corrected chi connectivity index (χ2v) is 58.6. The highest BCUT2D eigenvalue weighted by Gasteiger charge is 2.60. The quantitative estimate of drug-likeness (QED) is 0.0103. The normalized spacial score (nSPS) is 25.2. The molecule has 0 spiro atoms. The molecule has 30 nitrogen and oxygen atoms in total. The molecule has 5 aromatic rings. The third kappa shape index (κ3) is 30.3. The molecule has 3 heterocycles. The minimum absolute atomic E-state index is 0.0422. The first kappa shape index (κ1) is 104. The van der Waals surface area contributed by atoms with Crippen molar-refractivity contribution in [2.24, 2.45) is 0 Å². The maximum atomic E-state index is 15.1. The van der Waals surface area contributed by atoms with Gasteiger partial charge in [0.05, 0.1) is 50.2 Å². The first-order valence-electron chi connectivity index (χ1n) is 44.5. The summed E-state index contributed by atoms with van der Waals surface area (Å²) < 4.78 is 110. The van der Waals surface area contributed by atoms with Crippen molar-refractivity contribution in [1.82, 2.24) is 31.9 Å². The first-order valence-corrected chi connectivity index (χ1v) is 56.1. The summed E-state index contributed by atoms with van der Waals surface area (Å²) >= 11 is 0. The van der Waals surface area contributed by atoms with Gasteiger partial charge in [0.2, 0.25) is 5.91 Å². The Morgan fingerprint density at radius 1 is 0.430 bits per heavy atom. The maximum Gasteiger partial charge on any atom is 0.407 e. The van der Waals surface area contributed by atoms with Gasteiger partial charge in [-0.1, -0.05) is 241 Å². The molecule has 0 aromatic heterocycles. The number of amides is 6. The number of hydrogen-bond acceptors (Lipinski definition) is 24. The Morgan fingerprint density at radius 2 is 0.828 bits per heavy atom. The SMILES string of the molecule is C=CCO[C@H]1[C@H](O[C@@H]2[C@@H](O)[C@H](NC(=O)[C@@H](O)CCNC(=O)OCc3ccccc3)C[C@H](NC(=O)OCc3ccccc3)[C@H]2O[C@H]2O[C@H](CO[Si](C)(C)C(C)(C)C)CC[C@H]2NC(=O)OCc2ccccc2)O[C@H](CO[Si](C)(C)C(C)(C)C)[C@H]1O[C@H]1O[C@@H](CNC(=O)OCc2ccccc2)[C@H](O[Si](C)(C)C(C)(C)C)[C@H](O[Si](C)(C)C(C)(C)C)[C@H]1NC(=O)OCc1ccccc1. The Kier molecular flexibility index (Phi) is 37.6. The molecule has 5 aromatic carbocycles. The van der Waals surface area contributed by atoms with Gasteiger partial charge < -0.3 is 117 Å². The van der Waals surface area contributed by atoms with E-state index >= 15 is 4.79 Å². The van der Waals surface area contributed by atoms with Gasteiger partial charge in [0.1, 0.15) is 94.0 Å². The highest BCUT2D eigenvalue weighted by molar-refractivity contribution is 6.75. The van der Waals surface area contributed by atoms with Gasteiger partial charge in [-0.2, -0.15) is 0 Å². The number of aliphatic hydroxyl groups excluding tert-OH is 2. The fourth-order valence-electron chi connectivity index (χ4n) is 13.8. The summed E-state index contributed by atoms with van der Waals surface area (Å²) in [6.07, 6.45) is -22.8. The van der Waals surface area contributed by atoms with E-state index in [0.717, 1.165) is 16.7 Å². The molecule has 18 atom stereocenters. The third-order valence-corrected chi connectivity index (χ3v) is 43.6. The van der Waals surface area contributed by atoms with Gasteiger partial charge in [-0.3, -0.25) is 4.79 Å². The van der Waals surface area contributed by atoms with E-state index in [4.69, 9.17) is 74.5 Å². The molecule has 4 aliphatic rings. The number of ether oxygens (including phenoxy) is 12. The van der Waals surface area contributed by atoms with Crippen molar-refractivity contribution in [3.05, 3.63) is 192 Å². The number of alkyl carbamates (subject to hydrolysis) is 5. The van der Waals surface area contributed by atoms with Crippen LogP contribution in [0, 0.1) is 0 Å². The van der Waals surface area contributed by atoms with Crippen molar-refractivity contribution in [3.8, 4) is 0 Å². The lowest BCUT2D eigenvalue weighted by Crippen LogP contribution is -2.71. The van der Waals surface area contributed by atoms with Gasteiger partial charge in [-0.05, 0) is 126 Å². The third-order valence-electron chi connectivity index (χ3n) is 25.7. The fourth-order valence-corrected chi connectivity index (χ4v) is 18.5. The molecule has 0 unspecified atom stereocenters. The Hall–Kier alpha value is -7.99. The van der Waals surface area contributed by atoms with Crippen LogP contribution in [0.2, 0.25) is 72.5 Å². The lowest BCUT2D eigenvalue weighted by atomic mass is 9.83. The van der Waals surface area contributed by atoms with Crippen molar-refractivity contribution >= 4 is 69.6 Å². The monoisotopic (exact) mass is 1850 g/mol. The Morgan fingerprint density at radius 3 is 1.28 bits per heavy atom. The van der Waals surface area contributed by atoms with E-state index in [2.05, 4.69) is 174 Å². The molecule has 34 heteroatoms. The Balaban J connectivity index is 1.19. The van der Waals surface area contributed by atoms with E-state index in [-0.39, 0.29) is 90.2 Å². The molecule has 1 aliphatic carbocycles. The smallest absolute Gasteiger partial charge is 0.407 e. The van der Waals surface area contributed by atoms with Crippen LogP contribution in [-0.4, -0.2) is 223 Å². The second-order valence-electron chi connectivity index (χ2n) is 39.4. The number of benzene rings is 5. The van der Waals surface area contributed by atoms with Crippen molar-refractivity contribution in [2.75, 3.05) is 32.9 Å². The van der Waals surface area contributed by atoms with Crippen molar-refractivity contribution in [1.29, 1.82) is 0 Å². The molecule has 6 amide bonds. The van der Waals surface area contributed by atoms with Crippen LogP contribution in [0.25, 0.3) is 0 Å². The van der Waals surface area contributed by atoms with Gasteiger partial charge in [-0.15, -0.1) is 6.58 Å². The van der Waals surface area contributed by atoms with E-state index in [1.54, 1.807) is 48.5 Å². The summed E-state index contributed by atoms with van der Waals surface area (Å²) in [5.41, 5.74) is 3.54. The number of carbonyl (C=O) groups is 6. The molecule has 0 bridgehead atoms. The molecule has 3 saturated heterocycles. The van der Waals surface area contributed by atoms with Crippen LogP contribution in [0.15, 0.2) is 164 Å². The summed E-state index contributed by atoms with van der Waals surface area (Å²) in [7, 11) is -11.3. The van der Waals surface area contributed by atoms with Gasteiger partial charge in [0.15, 0.2) is 52.1 Å². The van der Waals surface area contributed by atoms with Crippen molar-refractivity contribution in [2.45, 2.75) is 325 Å². The molecule has 0 radical (unpaired) electrons. The zero-order valence-electron chi connectivity index (χ0n) is 78.4. The molecule has 708 valence electrons. The van der Waals surface area contributed by atoms with E-state index in [9.17, 15) is 34.2 Å². The van der Waals surface area contributed by atoms with Crippen LogP contribution in [0.4, 0.5) is 24.0 Å². The van der Waals surface area contributed by atoms with Crippen LogP contribution in [0.1, 0.15) is 137 Å². The zero-order chi connectivity index (χ0) is 93.6. The highest BCUT2D eigenvalue weighted by Crippen LogP contribution is 2.46. The van der Waals surface area contributed by atoms with Crippen LogP contribution in [-0.2, 0) is 112 Å². The number of carbonyl (C=O) groups excluding carboxylic acids is 6. The standard InChI is InChI=1S/C94H142N6O24Si4/c1-22-52-109-81-77(121-84-74(100-90(108)114-59-66-46-36-27-37-47-66)79(124-128(20,21)94(11,12)13)78(123-127(18,19)93(8,9)10)72(118-84)54-96-87(105)111-56-63-40-30-24-31-41-63)73(61-116-126(16,17)92(5,6)7)119-85(81)122-80-75(102)69(97-82(103)71(101)50-51-95-86(104)110-55-62-38-28-23-29-39-62)53-70(99-89(107)113-58-65-44-34-26-35-45-65)76(80)120-83-68(98-88(106)112-57-64-42-32-25-33-43-64)49-48-67(117-83)60-115-125(14,15)91(2,3)4/h22-47,67-81,83-85,101-102H,1,48-61H2,2-21H3,(H,95,104)(H,96,105)(H,97,103)(H,98,106)(H,99,107)(H,100,108)/t67-,68+,69+,70-,71-,72-,73+,74+,75-,76+,77+,78-,79+,80+,81+,83+,84+,85-/m0/s1. The highest BCUT2D eigenvalue weighted by atomic mass is 28.4. The summed E-state index contributed by atoms with van der Waals surface area (Å²) in [6, 6.07) is 40.4. The predicted molar refractivity (Wildman–Crippen MR) is 493 cm³/mol. The lowest BCUT2D eigenvalue weighted by molar-refractivity contribution is -0.295. The zero-order valence-corrected chi connectivity index (χ0v) is 82.4. The van der Waals surface area contributed by atoms with Gasteiger partial charge in [0.25, 0.3) is 0 Å². The predicted octanol–water partition coefficient (Wildman–Crippen LogP) is 15.2. The summed E-state index contributed by atoms with van der Waals surface area (Å²) in [6.45, 7) is 44.7. The van der Waals surface area contributed by atoms with Gasteiger partial charge >= 0.3 is 30.5 Å². The summed E-state index contributed by atoms with van der Waals surface area (Å²) in [4.78, 5) is 86.4. The van der Waals surface area contributed by atoms with E-state index in [0.29, 0.717) is 17.5 Å². The summed E-state index contributed by atoms with van der Waals surface area (Å²) in [5.74, 6) is -0.985. The molecular formula is C94H142N6O24Si4. The van der Waals surface area contributed by atoms with Crippen LogP contribution >= 0.6 is 0 Å². The number of rotatable bonds is 39. The fraction of sp³-hybridized carbons (Fsp3) is 0.596. The average molecular weight is 1850 g/mol. The number of nitrogens with one attached hydrogen (secondary N) is 6. The number of hydrogen-bond donors (Lipinski definition) is 8. The van der Waals surface area contributed by atoms with Gasteiger partial charge in [-0.25, -0.2) is 24.0 Å². The average Bonchev–Trinajstić information content (AvgIpc) is 1.17. The van der Waals surface area contributed by atoms with E-state index in [1.165, 1.54) is 6.08 Å². The van der Waals surface area contributed by atoms with Crippen molar-refractivity contribution in [3.63, 3.8) is 0 Å². The van der Waals surface area contributed by atoms with Crippen molar-refractivity contribution < 1.29 is 114 Å². The molecule has 9 rings (SSSR count). The topological polar surface area (TPSA) is 363 Å². The molecule has 4 fully saturated rings. The Labute approximate surface area is 760 Å². The molecular weight excluding hydrogens is 1710 g/mol. The molecule has 1 saturated carbocycles. The maximum absolute atomic E-state index is 15.1. The first-order chi connectivity index (χ1) is 60.2. The summed E-state index contributed by atoms with van der Waals surface area (Å²) in [5, 5.41) is 41.5. The van der Waals surface area contributed by atoms with Crippen LogP contribution in [0.5, 0.6) is 0 Å². The number of aliphatic hydroxyl groups is 2. The molecule has 8 N–H and O–H groups in total. The Bertz CT molecular complexity index is 4300.